The Hall–Kier alpha value is -1.50. The average Bonchev–Trinajstić information content (AvgIpc) is 2.40. The minimum absolute atomic E-state index is 0.0412. The van der Waals surface area contributed by atoms with E-state index in [0.717, 1.165) is 0 Å². The summed E-state index contributed by atoms with van der Waals surface area (Å²) in [6.45, 7) is -0.0646. The fraction of sp³-hybridized carbons (Fsp3) is 0.500. The summed E-state index contributed by atoms with van der Waals surface area (Å²) < 4.78 is 38.2. The number of aromatic nitrogens is 1. The summed E-state index contributed by atoms with van der Waals surface area (Å²) in [5, 5.41) is 0.0818. The molecule has 1 fully saturated rings. The summed E-state index contributed by atoms with van der Waals surface area (Å²) in [6.07, 6.45) is -2.72. The van der Waals surface area contributed by atoms with E-state index in [4.69, 9.17) is 17.3 Å². The molecule has 8 heteroatoms. The van der Waals surface area contributed by atoms with Gasteiger partial charge >= 0.3 is 6.18 Å². The van der Waals surface area contributed by atoms with Crippen LogP contribution in [0.15, 0.2) is 12.3 Å². The van der Waals surface area contributed by atoms with E-state index in [1.54, 1.807) is 0 Å². The highest BCUT2D eigenvalue weighted by Crippen LogP contribution is 2.34. The highest BCUT2D eigenvalue weighted by molar-refractivity contribution is 6.33. The molecule has 0 bridgehead atoms. The van der Waals surface area contributed by atoms with Crippen molar-refractivity contribution in [3.05, 3.63) is 22.8 Å². The van der Waals surface area contributed by atoms with Gasteiger partial charge in [-0.3, -0.25) is 4.79 Å². The number of rotatable bonds is 1. The largest absolute Gasteiger partial charge is 0.393 e. The molecule has 0 aromatic carbocycles. The maximum absolute atomic E-state index is 12.7. The van der Waals surface area contributed by atoms with Crippen LogP contribution < -0.4 is 5.73 Å². The van der Waals surface area contributed by atoms with E-state index in [0.29, 0.717) is 6.42 Å². The number of alkyl halides is 3. The van der Waals surface area contributed by atoms with Gasteiger partial charge in [-0.05, 0) is 18.9 Å². The average molecular weight is 308 g/mol. The number of hydrogen-bond donors (Lipinski definition) is 1. The zero-order valence-corrected chi connectivity index (χ0v) is 11.2. The summed E-state index contributed by atoms with van der Waals surface area (Å²) in [5.74, 6) is -1.93. The van der Waals surface area contributed by atoms with E-state index in [-0.39, 0.29) is 35.9 Å². The van der Waals surface area contributed by atoms with E-state index < -0.39 is 18.0 Å². The smallest absolute Gasteiger partial charge is 0.384 e. The second kappa shape index (κ2) is 5.47. The zero-order valence-electron chi connectivity index (χ0n) is 10.5. The number of nitrogens with zero attached hydrogens (tertiary/aromatic N) is 2. The Kier molecular flexibility index (Phi) is 4.08. The standard InChI is InChI=1S/C12H13ClF3N3O/c13-9-5-18-10(17)4-8(9)11(20)19-3-1-2-7(6-19)12(14,15)16/h4-5,7H,1-3,6H2,(H2,17,18). The van der Waals surface area contributed by atoms with E-state index >= 15 is 0 Å². The van der Waals surface area contributed by atoms with Crippen LogP contribution in [-0.2, 0) is 0 Å². The summed E-state index contributed by atoms with van der Waals surface area (Å²) in [6, 6.07) is 1.28. The van der Waals surface area contributed by atoms with Crippen molar-refractivity contribution >= 4 is 23.3 Å². The van der Waals surface area contributed by atoms with Crippen molar-refractivity contribution < 1.29 is 18.0 Å². The molecule has 1 aromatic rings. The van der Waals surface area contributed by atoms with Gasteiger partial charge < -0.3 is 10.6 Å². The van der Waals surface area contributed by atoms with Crippen molar-refractivity contribution in [1.29, 1.82) is 0 Å². The summed E-state index contributed by atoms with van der Waals surface area (Å²) in [4.78, 5) is 17.1. The van der Waals surface area contributed by atoms with Crippen molar-refractivity contribution in [2.24, 2.45) is 5.92 Å². The first kappa shape index (κ1) is 14.9. The molecule has 1 saturated heterocycles. The van der Waals surface area contributed by atoms with Crippen molar-refractivity contribution in [2.75, 3.05) is 18.8 Å². The van der Waals surface area contributed by atoms with Gasteiger partial charge in [-0.15, -0.1) is 0 Å². The van der Waals surface area contributed by atoms with Crippen LogP contribution in [0.4, 0.5) is 19.0 Å². The topological polar surface area (TPSA) is 59.2 Å². The van der Waals surface area contributed by atoms with Crippen LogP contribution in [0.25, 0.3) is 0 Å². The van der Waals surface area contributed by atoms with Crippen LogP contribution in [0.5, 0.6) is 0 Å². The molecule has 1 aliphatic heterocycles. The monoisotopic (exact) mass is 307 g/mol. The zero-order chi connectivity index (χ0) is 14.9. The molecule has 0 saturated carbocycles. The van der Waals surface area contributed by atoms with Gasteiger partial charge in [0, 0.05) is 19.3 Å². The number of nitrogens with two attached hydrogens (primary N) is 1. The van der Waals surface area contributed by atoms with Gasteiger partial charge in [0.25, 0.3) is 5.91 Å². The third-order valence-corrected chi connectivity index (χ3v) is 3.58. The van der Waals surface area contributed by atoms with Crippen LogP contribution in [0.1, 0.15) is 23.2 Å². The highest BCUT2D eigenvalue weighted by Gasteiger charge is 2.42. The molecular weight excluding hydrogens is 295 g/mol. The van der Waals surface area contributed by atoms with Crippen molar-refractivity contribution in [3.63, 3.8) is 0 Å². The van der Waals surface area contributed by atoms with Gasteiger partial charge in [0.15, 0.2) is 0 Å². The van der Waals surface area contributed by atoms with Gasteiger partial charge in [0.2, 0.25) is 0 Å². The Morgan fingerprint density at radius 2 is 2.20 bits per heavy atom. The molecule has 2 heterocycles. The quantitative estimate of drug-likeness (QED) is 0.868. The fourth-order valence-electron chi connectivity index (χ4n) is 2.22. The summed E-state index contributed by atoms with van der Waals surface area (Å²) >= 11 is 5.85. The van der Waals surface area contributed by atoms with Crippen molar-refractivity contribution in [2.45, 2.75) is 19.0 Å². The molecule has 0 radical (unpaired) electrons. The Morgan fingerprint density at radius 3 is 2.85 bits per heavy atom. The number of nitrogen functional groups attached to an aromatic ring is 1. The molecule has 2 N–H and O–H groups in total. The molecule has 20 heavy (non-hydrogen) atoms. The third-order valence-electron chi connectivity index (χ3n) is 3.28. The van der Waals surface area contributed by atoms with Crippen LogP contribution in [0.2, 0.25) is 5.02 Å². The number of carbonyl (C=O) groups excluding carboxylic acids is 1. The molecular formula is C12H13ClF3N3O. The fourth-order valence-corrected chi connectivity index (χ4v) is 2.40. The SMILES string of the molecule is Nc1cc(C(=O)N2CCCC(C(F)(F)F)C2)c(Cl)cn1. The Morgan fingerprint density at radius 1 is 1.50 bits per heavy atom. The van der Waals surface area contributed by atoms with Crippen molar-refractivity contribution in [3.8, 4) is 0 Å². The molecule has 1 unspecified atom stereocenters. The molecule has 0 aliphatic carbocycles. The van der Waals surface area contributed by atoms with E-state index in [1.165, 1.54) is 17.2 Å². The lowest BCUT2D eigenvalue weighted by Crippen LogP contribution is -2.44. The second-order valence-corrected chi connectivity index (χ2v) is 5.13. The van der Waals surface area contributed by atoms with Crippen LogP contribution in [0.3, 0.4) is 0 Å². The maximum atomic E-state index is 12.7. The second-order valence-electron chi connectivity index (χ2n) is 4.72. The molecule has 1 amide bonds. The molecule has 4 nitrogen and oxygen atoms in total. The molecule has 110 valence electrons. The Balaban J connectivity index is 2.18. The number of piperidine rings is 1. The first-order valence-corrected chi connectivity index (χ1v) is 6.44. The number of likely N-dealkylation sites (tertiary alicyclic amines) is 1. The van der Waals surface area contributed by atoms with Crippen molar-refractivity contribution in [1.82, 2.24) is 9.88 Å². The van der Waals surface area contributed by atoms with Crippen LogP contribution >= 0.6 is 11.6 Å². The summed E-state index contributed by atoms with van der Waals surface area (Å²) in [7, 11) is 0. The Labute approximate surface area is 118 Å². The molecule has 1 aliphatic rings. The van der Waals surface area contributed by atoms with E-state index in [9.17, 15) is 18.0 Å². The lowest BCUT2D eigenvalue weighted by molar-refractivity contribution is -0.184. The predicted molar refractivity (Wildman–Crippen MR) is 68.3 cm³/mol. The van der Waals surface area contributed by atoms with Gasteiger partial charge in [0.05, 0.1) is 16.5 Å². The molecule has 2 rings (SSSR count). The molecule has 0 spiro atoms. The predicted octanol–water partition coefficient (Wildman–Crippen LogP) is 2.73. The van der Waals surface area contributed by atoms with Crippen LogP contribution in [0, 0.1) is 5.92 Å². The lowest BCUT2D eigenvalue weighted by atomic mass is 9.97. The highest BCUT2D eigenvalue weighted by atomic mass is 35.5. The number of pyridine rings is 1. The van der Waals surface area contributed by atoms with Gasteiger partial charge in [-0.25, -0.2) is 4.98 Å². The maximum Gasteiger partial charge on any atom is 0.393 e. The van der Waals surface area contributed by atoms with Crippen LogP contribution in [-0.4, -0.2) is 35.1 Å². The Bertz CT molecular complexity index is 521. The van der Waals surface area contributed by atoms with Gasteiger partial charge in [-0.2, -0.15) is 13.2 Å². The van der Waals surface area contributed by atoms with Gasteiger partial charge in [0.1, 0.15) is 5.82 Å². The number of anilines is 1. The molecule has 1 atom stereocenters. The normalized spacial score (nSPS) is 20.0. The number of carbonyl (C=O) groups is 1. The number of halogens is 4. The van der Waals surface area contributed by atoms with E-state index in [2.05, 4.69) is 4.98 Å². The minimum Gasteiger partial charge on any atom is -0.384 e. The first-order valence-electron chi connectivity index (χ1n) is 6.06. The first-order chi connectivity index (χ1) is 9.29. The minimum atomic E-state index is -4.29. The number of hydrogen-bond acceptors (Lipinski definition) is 3. The van der Waals surface area contributed by atoms with E-state index in [1.807, 2.05) is 0 Å². The summed E-state index contributed by atoms with van der Waals surface area (Å²) in [5.41, 5.74) is 5.56. The molecule has 1 aromatic heterocycles. The third kappa shape index (κ3) is 3.15. The lowest BCUT2D eigenvalue weighted by Gasteiger charge is -2.33. The number of amides is 1. The van der Waals surface area contributed by atoms with Gasteiger partial charge in [-0.1, -0.05) is 11.6 Å².